The third-order valence-electron chi connectivity index (χ3n) is 12.4. The van der Waals surface area contributed by atoms with Crippen LogP contribution in [0.4, 0.5) is 0 Å². The second-order valence-electron chi connectivity index (χ2n) is 13.2. The van der Waals surface area contributed by atoms with E-state index in [0.29, 0.717) is 33.4 Å². The van der Waals surface area contributed by atoms with Crippen LogP contribution in [0.25, 0.3) is 0 Å². The Morgan fingerprint density at radius 3 is 2.38 bits per heavy atom. The highest BCUT2D eigenvalue weighted by atomic mass is 16.1. The van der Waals surface area contributed by atoms with Crippen molar-refractivity contribution < 1.29 is 4.79 Å². The zero-order valence-corrected chi connectivity index (χ0v) is 19.8. The Morgan fingerprint density at radius 1 is 0.897 bits per heavy atom. The number of fused-ring (bicyclic) bond motifs is 7. The molecule has 0 aromatic rings. The highest BCUT2D eigenvalue weighted by Crippen LogP contribution is 2.76. The Bertz CT molecular complexity index is 737. The summed E-state index contributed by atoms with van der Waals surface area (Å²) in [6, 6.07) is 0. The molecular formula is C28H44O. The van der Waals surface area contributed by atoms with Gasteiger partial charge in [0.1, 0.15) is 5.78 Å². The van der Waals surface area contributed by atoms with Gasteiger partial charge in [-0.25, -0.2) is 0 Å². The summed E-state index contributed by atoms with van der Waals surface area (Å²) >= 11 is 0. The Hall–Kier alpha value is -0.590. The van der Waals surface area contributed by atoms with Crippen LogP contribution in [0.2, 0.25) is 0 Å². The number of rotatable bonds is 1. The van der Waals surface area contributed by atoms with Gasteiger partial charge in [0.25, 0.3) is 0 Å². The molecule has 0 heterocycles. The Labute approximate surface area is 179 Å². The van der Waals surface area contributed by atoms with Crippen molar-refractivity contribution in [3.8, 4) is 0 Å². The molecule has 5 aliphatic rings. The first-order valence-corrected chi connectivity index (χ1v) is 12.7. The van der Waals surface area contributed by atoms with Crippen LogP contribution >= 0.6 is 0 Å². The van der Waals surface area contributed by atoms with E-state index in [1.807, 2.05) is 0 Å². The maximum absolute atomic E-state index is 12.2. The average molecular weight is 397 g/mol. The molecule has 0 radical (unpaired) electrons. The summed E-state index contributed by atoms with van der Waals surface area (Å²) in [6.45, 7) is 17.4. The summed E-state index contributed by atoms with van der Waals surface area (Å²) in [5.41, 5.74) is 3.32. The Morgan fingerprint density at radius 2 is 1.66 bits per heavy atom. The Balaban J connectivity index is 1.54. The van der Waals surface area contributed by atoms with Crippen molar-refractivity contribution in [2.24, 2.45) is 51.2 Å². The first-order valence-electron chi connectivity index (χ1n) is 12.7. The lowest BCUT2D eigenvalue weighted by atomic mass is 9.33. The smallest absolute Gasteiger partial charge is 0.133 e. The zero-order chi connectivity index (χ0) is 20.8. The highest BCUT2D eigenvalue weighted by molar-refractivity contribution is 5.79. The second-order valence-corrected chi connectivity index (χ2v) is 13.2. The van der Waals surface area contributed by atoms with Gasteiger partial charge in [0.05, 0.1) is 0 Å². The molecule has 0 aromatic carbocycles. The van der Waals surface area contributed by atoms with Crippen LogP contribution < -0.4 is 0 Å². The minimum atomic E-state index is 0.402. The number of Topliss-reactive ketones (excluding diaryl/α,β-unsaturated/α-hetero) is 1. The largest absolute Gasteiger partial charge is 0.300 e. The molecule has 0 N–H and O–H groups in total. The van der Waals surface area contributed by atoms with E-state index in [-0.39, 0.29) is 0 Å². The van der Waals surface area contributed by atoms with Gasteiger partial charge in [-0.2, -0.15) is 0 Å². The van der Waals surface area contributed by atoms with Crippen molar-refractivity contribution in [1.82, 2.24) is 0 Å². The molecule has 5 fully saturated rings. The minimum Gasteiger partial charge on any atom is -0.300 e. The fourth-order valence-electron chi connectivity index (χ4n) is 10.4. The predicted molar refractivity (Wildman–Crippen MR) is 120 cm³/mol. The van der Waals surface area contributed by atoms with Crippen LogP contribution in [-0.2, 0) is 4.79 Å². The maximum atomic E-state index is 12.2. The van der Waals surface area contributed by atoms with Crippen molar-refractivity contribution in [3.63, 3.8) is 0 Å². The van der Waals surface area contributed by atoms with Gasteiger partial charge in [-0.3, -0.25) is 4.79 Å². The number of hydrogen-bond acceptors (Lipinski definition) is 1. The number of ketones is 1. The van der Waals surface area contributed by atoms with Crippen molar-refractivity contribution in [2.45, 2.75) is 105 Å². The predicted octanol–water partition coefficient (Wildman–Crippen LogP) is 7.60. The lowest BCUT2D eigenvalue weighted by Crippen LogP contribution is -2.64. The zero-order valence-electron chi connectivity index (χ0n) is 19.8. The topological polar surface area (TPSA) is 17.1 Å². The van der Waals surface area contributed by atoms with Crippen LogP contribution in [0, 0.1) is 51.2 Å². The van der Waals surface area contributed by atoms with Crippen LogP contribution in [0.15, 0.2) is 12.2 Å². The lowest BCUT2D eigenvalue weighted by molar-refractivity contribution is -0.220. The molecule has 0 bridgehead atoms. The highest BCUT2D eigenvalue weighted by Gasteiger charge is 2.68. The lowest BCUT2D eigenvalue weighted by Gasteiger charge is -2.71. The molecule has 0 aliphatic heterocycles. The minimum absolute atomic E-state index is 0.402. The summed E-state index contributed by atoms with van der Waals surface area (Å²) in [7, 11) is 0. The van der Waals surface area contributed by atoms with Gasteiger partial charge in [0.2, 0.25) is 0 Å². The molecule has 0 saturated heterocycles. The monoisotopic (exact) mass is 396 g/mol. The molecule has 0 spiro atoms. The molecule has 0 amide bonds. The van der Waals surface area contributed by atoms with Gasteiger partial charge in [-0.1, -0.05) is 39.8 Å². The van der Waals surface area contributed by atoms with Crippen LogP contribution in [0.1, 0.15) is 105 Å². The van der Waals surface area contributed by atoms with Gasteiger partial charge in [0.15, 0.2) is 0 Å². The summed E-state index contributed by atoms with van der Waals surface area (Å²) in [5.74, 6) is 4.50. The van der Waals surface area contributed by atoms with Gasteiger partial charge in [-0.15, -0.1) is 0 Å². The maximum Gasteiger partial charge on any atom is 0.133 e. The molecule has 1 heteroatoms. The van der Waals surface area contributed by atoms with Crippen molar-refractivity contribution in [3.05, 3.63) is 12.2 Å². The average Bonchev–Trinajstić information content (AvgIpc) is 3.01. The van der Waals surface area contributed by atoms with Crippen molar-refractivity contribution >= 4 is 5.78 Å². The van der Waals surface area contributed by atoms with Crippen LogP contribution in [0.3, 0.4) is 0 Å². The van der Waals surface area contributed by atoms with E-state index in [1.165, 1.54) is 56.9 Å². The third-order valence-corrected chi connectivity index (χ3v) is 12.4. The normalized spacial score (nSPS) is 56.7. The van der Waals surface area contributed by atoms with E-state index in [2.05, 4.69) is 41.2 Å². The fraction of sp³-hybridized carbons (Fsp3) is 0.893. The standard InChI is InChI=1S/C28H44O/c1-18(2)21-11-12-25(3)15-16-27(5)22(24(21)25)7-8-23-26(4)13-10-20(29)17-19(26)9-14-28(23,27)6/h19,21-24H,1,7-17H2,2-6H3/t19-,21+,22-,23-,24-,25-,26+,27-,28-/m0/s1. The number of carbonyl (C=O) groups excluding carboxylic acids is 1. The van der Waals surface area contributed by atoms with E-state index in [9.17, 15) is 4.79 Å². The molecule has 0 unspecified atom stereocenters. The first-order chi connectivity index (χ1) is 13.6. The van der Waals surface area contributed by atoms with Gasteiger partial charge in [0, 0.05) is 12.8 Å². The third kappa shape index (κ3) is 2.48. The van der Waals surface area contributed by atoms with Gasteiger partial charge >= 0.3 is 0 Å². The molecular weight excluding hydrogens is 352 g/mol. The summed E-state index contributed by atoms with van der Waals surface area (Å²) in [6.07, 6.45) is 14.0. The SMILES string of the molecule is C=C(C)[C@H]1CC[C@@]2(C)CC[C@@]3(C)[C@@H](CC[C@H]4[C@]5(C)CCC(=O)C[C@@H]5CC[C@@]43C)[C@H]12. The summed E-state index contributed by atoms with van der Waals surface area (Å²) in [4.78, 5) is 12.2. The molecule has 9 atom stereocenters. The summed E-state index contributed by atoms with van der Waals surface area (Å²) in [5, 5.41) is 0. The summed E-state index contributed by atoms with van der Waals surface area (Å²) < 4.78 is 0. The number of hydrogen-bond donors (Lipinski definition) is 0. The number of carbonyl (C=O) groups is 1. The second kappa shape index (κ2) is 6.23. The number of allylic oxidation sites excluding steroid dienone is 1. The Kier molecular flexibility index (Phi) is 4.36. The van der Waals surface area contributed by atoms with Crippen molar-refractivity contribution in [2.75, 3.05) is 0 Å². The van der Waals surface area contributed by atoms with Gasteiger partial charge < -0.3 is 0 Å². The molecule has 0 aromatic heterocycles. The van der Waals surface area contributed by atoms with Crippen LogP contribution in [-0.4, -0.2) is 5.78 Å². The van der Waals surface area contributed by atoms with E-state index in [0.717, 1.165) is 42.9 Å². The fourth-order valence-corrected chi connectivity index (χ4v) is 10.4. The van der Waals surface area contributed by atoms with Crippen molar-refractivity contribution in [1.29, 1.82) is 0 Å². The quantitative estimate of drug-likeness (QED) is 0.417. The van der Waals surface area contributed by atoms with E-state index >= 15 is 0 Å². The molecule has 1 nitrogen and oxygen atoms in total. The van der Waals surface area contributed by atoms with E-state index in [4.69, 9.17) is 0 Å². The first kappa shape index (κ1) is 20.3. The molecule has 5 rings (SSSR count). The molecule has 5 aliphatic carbocycles. The molecule has 5 saturated carbocycles. The molecule has 29 heavy (non-hydrogen) atoms. The van der Waals surface area contributed by atoms with Gasteiger partial charge in [-0.05, 0) is 116 Å². The van der Waals surface area contributed by atoms with E-state index in [1.54, 1.807) is 0 Å². The van der Waals surface area contributed by atoms with Crippen LogP contribution in [0.5, 0.6) is 0 Å². The van der Waals surface area contributed by atoms with E-state index < -0.39 is 0 Å². The molecule has 162 valence electrons.